The van der Waals surface area contributed by atoms with E-state index in [1.54, 1.807) is 12.3 Å². The third-order valence-corrected chi connectivity index (χ3v) is 4.98. The van der Waals surface area contributed by atoms with Crippen LogP contribution in [-0.2, 0) is 16.6 Å². The summed E-state index contributed by atoms with van der Waals surface area (Å²) in [5.41, 5.74) is 2.14. The van der Waals surface area contributed by atoms with Crippen LogP contribution < -0.4 is 9.47 Å². The van der Waals surface area contributed by atoms with Crippen molar-refractivity contribution in [3.05, 3.63) is 41.7 Å². The Morgan fingerprint density at radius 3 is 2.78 bits per heavy atom. The molecule has 2 aromatic heterocycles. The lowest BCUT2D eigenvalue weighted by Gasteiger charge is -2.13. The first-order valence-electron chi connectivity index (χ1n) is 7.82. The van der Waals surface area contributed by atoms with E-state index in [4.69, 9.17) is 4.74 Å². The number of benzene rings is 1. The average molecular weight is 399 g/mol. The Kier molecular flexibility index (Phi) is 5.36. The van der Waals surface area contributed by atoms with Gasteiger partial charge in [-0.25, -0.2) is 9.37 Å². The number of imidazole rings is 1. The average Bonchev–Trinajstić information content (AvgIpc) is 3.06. The molecule has 0 saturated heterocycles. The number of ether oxygens (including phenoxy) is 2. The lowest BCUT2D eigenvalue weighted by molar-refractivity contribution is -0.186. The summed E-state index contributed by atoms with van der Waals surface area (Å²) in [7, 11) is -0.0124. The minimum Gasteiger partial charge on any atom is -0.496 e. The van der Waals surface area contributed by atoms with Crippen LogP contribution in [0.5, 0.6) is 11.5 Å². The first kappa shape index (κ1) is 19.2. The SMILES string of the molecule is COc1ccnc(CS(=O)c2nc3ccc(OC(F)(F)CF)cc3[nH]2)c1C. The molecule has 3 rings (SSSR count). The third kappa shape index (κ3) is 4.21. The van der Waals surface area contributed by atoms with E-state index in [1.165, 1.54) is 25.3 Å². The van der Waals surface area contributed by atoms with Gasteiger partial charge in [-0.3, -0.25) is 9.19 Å². The normalized spacial score (nSPS) is 12.9. The van der Waals surface area contributed by atoms with Crippen LogP contribution in [0.15, 0.2) is 35.6 Å². The molecule has 0 radical (unpaired) electrons. The molecule has 2 heterocycles. The molecule has 10 heteroatoms. The van der Waals surface area contributed by atoms with Crippen LogP contribution in [0, 0.1) is 6.92 Å². The zero-order chi connectivity index (χ0) is 19.6. The topological polar surface area (TPSA) is 77.1 Å². The van der Waals surface area contributed by atoms with Crippen LogP contribution in [-0.4, -0.2) is 39.1 Å². The van der Waals surface area contributed by atoms with Crippen molar-refractivity contribution in [2.45, 2.75) is 23.9 Å². The number of methoxy groups -OCH3 is 1. The maximum absolute atomic E-state index is 13.0. The molecule has 0 spiro atoms. The van der Waals surface area contributed by atoms with Gasteiger partial charge >= 0.3 is 6.11 Å². The number of H-pyrrole nitrogens is 1. The Morgan fingerprint density at radius 2 is 2.07 bits per heavy atom. The zero-order valence-electron chi connectivity index (χ0n) is 14.5. The van der Waals surface area contributed by atoms with E-state index in [1.807, 2.05) is 6.92 Å². The monoisotopic (exact) mass is 399 g/mol. The zero-order valence-corrected chi connectivity index (χ0v) is 15.3. The number of alkyl halides is 3. The van der Waals surface area contributed by atoms with E-state index in [0.29, 0.717) is 22.5 Å². The fourth-order valence-electron chi connectivity index (χ4n) is 2.45. The molecule has 0 aliphatic rings. The van der Waals surface area contributed by atoms with E-state index >= 15 is 0 Å². The van der Waals surface area contributed by atoms with Crippen LogP contribution in [0.4, 0.5) is 13.2 Å². The highest BCUT2D eigenvalue weighted by Crippen LogP contribution is 2.26. The predicted octanol–water partition coefficient (Wildman–Crippen LogP) is 3.52. The molecule has 27 heavy (non-hydrogen) atoms. The Balaban J connectivity index is 1.83. The van der Waals surface area contributed by atoms with Gasteiger partial charge in [0.05, 0.1) is 40.4 Å². The Bertz CT molecular complexity index is 994. The highest BCUT2D eigenvalue weighted by molar-refractivity contribution is 7.84. The molecule has 1 aromatic carbocycles. The van der Waals surface area contributed by atoms with Crippen molar-refractivity contribution in [3.63, 3.8) is 0 Å². The Hall–Kier alpha value is -2.62. The number of pyridine rings is 1. The minimum absolute atomic E-state index is 0.103. The number of hydrogen-bond acceptors (Lipinski definition) is 5. The highest BCUT2D eigenvalue weighted by Gasteiger charge is 2.31. The fraction of sp³-hybridized carbons (Fsp3) is 0.294. The molecule has 0 bridgehead atoms. The fourth-order valence-corrected chi connectivity index (χ4v) is 3.55. The van der Waals surface area contributed by atoms with Crippen LogP contribution in [0.1, 0.15) is 11.3 Å². The summed E-state index contributed by atoms with van der Waals surface area (Å²) >= 11 is 0. The highest BCUT2D eigenvalue weighted by atomic mass is 32.2. The second-order valence-electron chi connectivity index (χ2n) is 5.67. The maximum Gasteiger partial charge on any atom is 0.427 e. The molecule has 0 saturated carbocycles. The smallest absolute Gasteiger partial charge is 0.427 e. The summed E-state index contributed by atoms with van der Waals surface area (Å²) in [5.74, 6) is 0.514. The molecule has 1 N–H and O–H groups in total. The molecule has 3 aromatic rings. The van der Waals surface area contributed by atoms with Crippen molar-refractivity contribution in [3.8, 4) is 11.5 Å². The van der Waals surface area contributed by atoms with Crippen molar-refractivity contribution in [1.82, 2.24) is 15.0 Å². The van der Waals surface area contributed by atoms with Gasteiger partial charge in [-0.1, -0.05) is 0 Å². The van der Waals surface area contributed by atoms with E-state index < -0.39 is 23.6 Å². The van der Waals surface area contributed by atoms with Gasteiger partial charge in [0.25, 0.3) is 0 Å². The number of nitrogens with one attached hydrogen (secondary N) is 1. The van der Waals surface area contributed by atoms with Crippen molar-refractivity contribution in [2.24, 2.45) is 0 Å². The summed E-state index contributed by atoms with van der Waals surface area (Å²) in [6.07, 6.45) is -2.35. The standard InChI is InChI=1S/C17H16F3N3O3S/c1-10-14(21-6-5-15(10)25-2)8-27(24)16-22-12-4-3-11(7-13(12)23-16)26-17(19,20)9-18/h3-7H,8-9H2,1-2H3,(H,22,23). The lowest BCUT2D eigenvalue weighted by Crippen LogP contribution is -2.26. The number of halogens is 3. The van der Waals surface area contributed by atoms with Crippen molar-refractivity contribution >= 4 is 21.8 Å². The first-order valence-corrected chi connectivity index (χ1v) is 9.14. The summed E-state index contributed by atoms with van der Waals surface area (Å²) in [4.78, 5) is 11.2. The number of aromatic amines is 1. The molecule has 0 aliphatic heterocycles. The molecular formula is C17H16F3N3O3S. The van der Waals surface area contributed by atoms with E-state index in [-0.39, 0.29) is 16.7 Å². The minimum atomic E-state index is -3.91. The maximum atomic E-state index is 13.0. The Morgan fingerprint density at radius 1 is 1.30 bits per heavy atom. The van der Waals surface area contributed by atoms with E-state index in [9.17, 15) is 17.4 Å². The second kappa shape index (κ2) is 7.55. The number of fused-ring (bicyclic) bond motifs is 1. The van der Waals surface area contributed by atoms with Gasteiger partial charge < -0.3 is 14.5 Å². The predicted molar refractivity (Wildman–Crippen MR) is 93.3 cm³/mol. The van der Waals surface area contributed by atoms with Gasteiger partial charge in [-0.15, -0.1) is 0 Å². The number of aromatic nitrogens is 3. The van der Waals surface area contributed by atoms with Crippen molar-refractivity contribution in [1.29, 1.82) is 0 Å². The van der Waals surface area contributed by atoms with Crippen LogP contribution in [0.2, 0.25) is 0 Å². The number of nitrogens with zero attached hydrogens (tertiary/aromatic N) is 2. The second-order valence-corrected chi connectivity index (χ2v) is 7.04. The van der Waals surface area contributed by atoms with Gasteiger partial charge in [-0.2, -0.15) is 8.78 Å². The molecule has 0 aliphatic carbocycles. The largest absolute Gasteiger partial charge is 0.496 e. The van der Waals surface area contributed by atoms with Gasteiger partial charge in [0, 0.05) is 17.8 Å². The summed E-state index contributed by atoms with van der Waals surface area (Å²) in [6, 6.07) is 5.62. The summed E-state index contributed by atoms with van der Waals surface area (Å²) in [5, 5.41) is 0.170. The summed E-state index contributed by atoms with van der Waals surface area (Å²) < 4.78 is 60.4. The molecule has 1 atom stereocenters. The molecule has 6 nitrogen and oxygen atoms in total. The molecule has 144 valence electrons. The van der Waals surface area contributed by atoms with Crippen molar-refractivity contribution in [2.75, 3.05) is 13.8 Å². The van der Waals surface area contributed by atoms with Crippen LogP contribution in [0.25, 0.3) is 11.0 Å². The quantitative estimate of drug-likeness (QED) is 0.658. The third-order valence-electron chi connectivity index (χ3n) is 3.82. The molecule has 0 amide bonds. The van der Waals surface area contributed by atoms with Gasteiger partial charge in [0.15, 0.2) is 11.8 Å². The molecular weight excluding hydrogens is 383 g/mol. The number of hydrogen-bond donors (Lipinski definition) is 1. The van der Waals surface area contributed by atoms with Crippen LogP contribution >= 0.6 is 0 Å². The molecule has 0 fully saturated rings. The van der Waals surface area contributed by atoms with E-state index in [0.717, 1.165) is 5.56 Å². The van der Waals surface area contributed by atoms with Crippen LogP contribution in [0.3, 0.4) is 0 Å². The Labute approximate surface area is 155 Å². The van der Waals surface area contributed by atoms with E-state index in [2.05, 4.69) is 19.7 Å². The van der Waals surface area contributed by atoms with Crippen molar-refractivity contribution < 1.29 is 26.9 Å². The summed E-state index contributed by atoms with van der Waals surface area (Å²) in [6.45, 7) is -0.123. The van der Waals surface area contributed by atoms with Gasteiger partial charge in [0.2, 0.25) is 0 Å². The lowest BCUT2D eigenvalue weighted by atomic mass is 10.2. The van der Waals surface area contributed by atoms with Gasteiger partial charge in [0.1, 0.15) is 11.5 Å². The first-order chi connectivity index (χ1) is 12.8. The number of rotatable bonds is 7. The van der Waals surface area contributed by atoms with Gasteiger partial charge in [-0.05, 0) is 25.1 Å². The molecule has 1 unspecified atom stereocenters.